The summed E-state index contributed by atoms with van der Waals surface area (Å²) in [6, 6.07) is 8.47. The summed E-state index contributed by atoms with van der Waals surface area (Å²) < 4.78 is 0. The summed E-state index contributed by atoms with van der Waals surface area (Å²) >= 11 is 0. The van der Waals surface area contributed by atoms with Crippen LogP contribution in [-0.2, 0) is 4.79 Å². The Bertz CT molecular complexity index is 514. The summed E-state index contributed by atoms with van der Waals surface area (Å²) in [4.78, 5) is 25.8. The number of hydrogen-bond acceptors (Lipinski definition) is 2. The van der Waals surface area contributed by atoms with Gasteiger partial charge in [0.05, 0.1) is 0 Å². The van der Waals surface area contributed by atoms with Crippen molar-refractivity contribution in [2.24, 2.45) is 5.92 Å². The summed E-state index contributed by atoms with van der Waals surface area (Å²) in [6.07, 6.45) is 4.84. The average molecular weight is 273 g/mol. The molecule has 0 bridgehead atoms. The lowest BCUT2D eigenvalue weighted by Crippen LogP contribution is -2.46. The number of carbonyl (C=O) groups excluding carboxylic acids is 1. The van der Waals surface area contributed by atoms with Gasteiger partial charge in [-0.05, 0) is 37.3 Å². The fraction of sp³-hybridized carbons (Fsp3) is 0.500. The molecule has 0 aromatic heterocycles. The smallest absolute Gasteiger partial charge is 0.326 e. The molecule has 20 heavy (non-hydrogen) atoms. The first kappa shape index (κ1) is 13.2. The van der Waals surface area contributed by atoms with Crippen LogP contribution in [0.15, 0.2) is 30.3 Å². The SMILES string of the molecule is O=C(O)[C@H]1C[C@H]2CCCC[C@@H]2N1C(=O)c1ccccc1. The van der Waals surface area contributed by atoms with Crippen molar-refractivity contribution in [2.75, 3.05) is 0 Å². The van der Waals surface area contributed by atoms with Crippen molar-refractivity contribution in [3.05, 3.63) is 35.9 Å². The average Bonchev–Trinajstić information content (AvgIpc) is 2.87. The van der Waals surface area contributed by atoms with E-state index in [1.807, 2.05) is 18.2 Å². The van der Waals surface area contributed by atoms with Gasteiger partial charge in [0.25, 0.3) is 5.91 Å². The van der Waals surface area contributed by atoms with Crippen LogP contribution in [0.2, 0.25) is 0 Å². The van der Waals surface area contributed by atoms with Crippen LogP contribution in [0.5, 0.6) is 0 Å². The molecule has 1 amide bonds. The highest BCUT2D eigenvalue weighted by Crippen LogP contribution is 2.40. The van der Waals surface area contributed by atoms with Crippen molar-refractivity contribution < 1.29 is 14.7 Å². The van der Waals surface area contributed by atoms with E-state index in [4.69, 9.17) is 0 Å². The van der Waals surface area contributed by atoms with Gasteiger partial charge in [0, 0.05) is 11.6 Å². The highest BCUT2D eigenvalue weighted by molar-refractivity contribution is 5.97. The molecule has 0 spiro atoms. The van der Waals surface area contributed by atoms with Crippen LogP contribution in [0.4, 0.5) is 0 Å². The Labute approximate surface area is 118 Å². The molecule has 1 aliphatic carbocycles. The van der Waals surface area contributed by atoms with Gasteiger partial charge in [-0.15, -0.1) is 0 Å². The maximum atomic E-state index is 12.7. The molecule has 0 radical (unpaired) electrons. The van der Waals surface area contributed by atoms with Gasteiger partial charge in [0.2, 0.25) is 0 Å². The van der Waals surface area contributed by atoms with Crippen LogP contribution in [0.1, 0.15) is 42.5 Å². The Kier molecular flexibility index (Phi) is 3.47. The molecule has 3 atom stereocenters. The van der Waals surface area contributed by atoms with Crippen molar-refractivity contribution in [3.8, 4) is 0 Å². The van der Waals surface area contributed by atoms with E-state index in [9.17, 15) is 14.7 Å². The first-order valence-corrected chi connectivity index (χ1v) is 7.29. The lowest BCUT2D eigenvalue weighted by molar-refractivity contribution is -0.141. The third-order valence-electron chi connectivity index (χ3n) is 4.63. The van der Waals surface area contributed by atoms with Crippen LogP contribution in [0.3, 0.4) is 0 Å². The number of carboxylic acids is 1. The Balaban J connectivity index is 1.91. The Morgan fingerprint density at radius 1 is 1.10 bits per heavy atom. The normalized spacial score (nSPS) is 29.0. The Morgan fingerprint density at radius 3 is 2.50 bits per heavy atom. The number of carboxylic acid groups (broad SMARTS) is 1. The summed E-state index contributed by atoms with van der Waals surface area (Å²) in [6.45, 7) is 0. The van der Waals surface area contributed by atoms with Crippen molar-refractivity contribution in [1.29, 1.82) is 0 Å². The molecule has 3 rings (SSSR count). The number of carbonyl (C=O) groups is 2. The molecule has 4 heteroatoms. The van der Waals surface area contributed by atoms with E-state index >= 15 is 0 Å². The van der Waals surface area contributed by atoms with Gasteiger partial charge in [0.15, 0.2) is 0 Å². The number of fused-ring (bicyclic) bond motifs is 1. The minimum absolute atomic E-state index is 0.109. The van der Waals surface area contributed by atoms with Gasteiger partial charge in [-0.3, -0.25) is 4.79 Å². The molecule has 1 aromatic rings. The lowest BCUT2D eigenvalue weighted by Gasteiger charge is -2.33. The van der Waals surface area contributed by atoms with E-state index in [2.05, 4.69) is 0 Å². The predicted octanol–water partition coefficient (Wildman–Crippen LogP) is 2.54. The largest absolute Gasteiger partial charge is 0.480 e. The van der Waals surface area contributed by atoms with E-state index in [1.54, 1.807) is 17.0 Å². The van der Waals surface area contributed by atoms with E-state index in [0.29, 0.717) is 17.9 Å². The van der Waals surface area contributed by atoms with Gasteiger partial charge in [0.1, 0.15) is 6.04 Å². The molecule has 1 N–H and O–H groups in total. The molecule has 0 unspecified atom stereocenters. The Morgan fingerprint density at radius 2 is 1.80 bits per heavy atom. The van der Waals surface area contributed by atoms with Gasteiger partial charge in [-0.2, -0.15) is 0 Å². The van der Waals surface area contributed by atoms with Crippen molar-refractivity contribution in [1.82, 2.24) is 4.90 Å². The zero-order chi connectivity index (χ0) is 14.1. The third kappa shape index (κ3) is 2.19. The van der Waals surface area contributed by atoms with E-state index in [1.165, 1.54) is 0 Å². The van der Waals surface area contributed by atoms with Crippen molar-refractivity contribution in [3.63, 3.8) is 0 Å². The van der Waals surface area contributed by atoms with E-state index < -0.39 is 12.0 Å². The van der Waals surface area contributed by atoms with Crippen LogP contribution >= 0.6 is 0 Å². The summed E-state index contributed by atoms with van der Waals surface area (Å²) in [5.41, 5.74) is 0.588. The van der Waals surface area contributed by atoms with Crippen molar-refractivity contribution >= 4 is 11.9 Å². The molecule has 2 fully saturated rings. The zero-order valence-electron chi connectivity index (χ0n) is 11.4. The molecule has 1 aliphatic heterocycles. The summed E-state index contributed by atoms with van der Waals surface area (Å²) in [7, 11) is 0. The van der Waals surface area contributed by atoms with Crippen LogP contribution in [-0.4, -0.2) is 34.0 Å². The molecule has 1 saturated heterocycles. The molecule has 1 aromatic carbocycles. The fourth-order valence-electron chi connectivity index (χ4n) is 3.70. The number of nitrogens with zero attached hydrogens (tertiary/aromatic N) is 1. The van der Waals surface area contributed by atoms with Gasteiger partial charge in [-0.1, -0.05) is 31.0 Å². The van der Waals surface area contributed by atoms with E-state index in [0.717, 1.165) is 25.7 Å². The molecule has 4 nitrogen and oxygen atoms in total. The second kappa shape index (κ2) is 5.27. The number of benzene rings is 1. The summed E-state index contributed by atoms with van der Waals surface area (Å²) in [5, 5.41) is 9.43. The third-order valence-corrected chi connectivity index (χ3v) is 4.63. The van der Waals surface area contributed by atoms with Gasteiger partial charge >= 0.3 is 5.97 Å². The fourth-order valence-corrected chi connectivity index (χ4v) is 3.70. The second-order valence-electron chi connectivity index (χ2n) is 5.78. The quantitative estimate of drug-likeness (QED) is 0.901. The van der Waals surface area contributed by atoms with Crippen LogP contribution in [0.25, 0.3) is 0 Å². The molecule has 106 valence electrons. The standard InChI is InChI=1S/C16H19NO3/c18-15(11-6-2-1-3-7-11)17-13-9-5-4-8-12(13)10-14(17)16(19)20/h1-3,6-7,12-14H,4-5,8-10H2,(H,19,20)/t12-,13+,14-/m1/s1. The maximum Gasteiger partial charge on any atom is 0.326 e. The second-order valence-corrected chi connectivity index (χ2v) is 5.78. The monoisotopic (exact) mass is 273 g/mol. The molecule has 2 aliphatic rings. The first-order valence-electron chi connectivity index (χ1n) is 7.29. The molecule has 1 saturated carbocycles. The number of aliphatic carboxylic acids is 1. The summed E-state index contributed by atoms with van der Waals surface area (Å²) in [5.74, 6) is -0.645. The van der Waals surface area contributed by atoms with Crippen molar-refractivity contribution in [2.45, 2.75) is 44.2 Å². The maximum absolute atomic E-state index is 12.7. The van der Waals surface area contributed by atoms with Crippen LogP contribution in [0, 0.1) is 5.92 Å². The number of likely N-dealkylation sites (tertiary alicyclic amines) is 1. The number of rotatable bonds is 2. The first-order chi connectivity index (χ1) is 9.68. The number of amides is 1. The topological polar surface area (TPSA) is 57.6 Å². The lowest BCUT2D eigenvalue weighted by atomic mass is 9.84. The minimum atomic E-state index is -0.872. The number of hydrogen-bond donors (Lipinski definition) is 1. The highest BCUT2D eigenvalue weighted by Gasteiger charge is 2.47. The Hall–Kier alpha value is -1.84. The van der Waals surface area contributed by atoms with Gasteiger partial charge in [-0.25, -0.2) is 4.79 Å². The van der Waals surface area contributed by atoms with Crippen LogP contribution < -0.4 is 0 Å². The minimum Gasteiger partial charge on any atom is -0.480 e. The molecular weight excluding hydrogens is 254 g/mol. The zero-order valence-corrected chi connectivity index (χ0v) is 11.4. The molecular formula is C16H19NO3. The van der Waals surface area contributed by atoms with E-state index in [-0.39, 0.29) is 11.9 Å². The molecule has 1 heterocycles. The predicted molar refractivity (Wildman–Crippen MR) is 74.4 cm³/mol. The highest BCUT2D eigenvalue weighted by atomic mass is 16.4. The van der Waals surface area contributed by atoms with Gasteiger partial charge < -0.3 is 10.0 Å².